The number of para-hydroxylation sites is 1. The van der Waals surface area contributed by atoms with E-state index in [1.807, 2.05) is 32.2 Å². The summed E-state index contributed by atoms with van der Waals surface area (Å²) in [5.74, 6) is 0.723. The first kappa shape index (κ1) is 15.8. The number of ether oxygens (including phenoxy) is 1. The number of likely N-dealkylation sites (N-methyl/N-ethyl adjacent to an activating group) is 1. The third kappa shape index (κ3) is 5.09. The molecule has 1 aromatic carbocycles. The van der Waals surface area contributed by atoms with Crippen molar-refractivity contribution in [3.63, 3.8) is 0 Å². The predicted molar refractivity (Wildman–Crippen MR) is 77.7 cm³/mol. The van der Waals surface area contributed by atoms with Crippen molar-refractivity contribution in [1.82, 2.24) is 10.2 Å². The van der Waals surface area contributed by atoms with E-state index in [1.54, 1.807) is 18.0 Å². The summed E-state index contributed by atoms with van der Waals surface area (Å²) in [6.07, 6.45) is 0. The van der Waals surface area contributed by atoms with Crippen molar-refractivity contribution in [2.45, 2.75) is 6.92 Å². The highest BCUT2D eigenvalue weighted by molar-refractivity contribution is 6.32. The van der Waals surface area contributed by atoms with E-state index in [0.717, 1.165) is 0 Å². The molecular weight excluding hydrogens is 264 g/mol. The lowest BCUT2D eigenvalue weighted by atomic mass is 10.1. The van der Waals surface area contributed by atoms with Gasteiger partial charge in [0.25, 0.3) is 0 Å². The monoisotopic (exact) mass is 284 g/mol. The number of carbonyl (C=O) groups is 1. The van der Waals surface area contributed by atoms with Crippen molar-refractivity contribution < 1.29 is 9.53 Å². The molecule has 0 heterocycles. The molecule has 0 aliphatic heterocycles. The van der Waals surface area contributed by atoms with Gasteiger partial charge in [0.1, 0.15) is 12.4 Å². The standard InChI is InChI=1S/C14H21ClN2O2/c1-11(10-16-2)14(18)17(3)8-9-19-13-7-5-4-6-12(13)15/h4-7,11,16H,8-10H2,1-3H3. The predicted octanol–water partition coefficient (Wildman–Crippen LogP) is 2.03. The molecule has 106 valence electrons. The summed E-state index contributed by atoms with van der Waals surface area (Å²) < 4.78 is 5.56. The van der Waals surface area contributed by atoms with Gasteiger partial charge in [0.15, 0.2) is 0 Å². The maximum absolute atomic E-state index is 11.9. The van der Waals surface area contributed by atoms with Crippen LogP contribution in [-0.4, -0.2) is 44.6 Å². The van der Waals surface area contributed by atoms with E-state index in [2.05, 4.69) is 5.32 Å². The molecule has 1 aromatic rings. The van der Waals surface area contributed by atoms with Crippen LogP contribution in [0.4, 0.5) is 0 Å². The molecule has 1 N–H and O–H groups in total. The van der Waals surface area contributed by atoms with Gasteiger partial charge in [-0.3, -0.25) is 4.79 Å². The van der Waals surface area contributed by atoms with E-state index >= 15 is 0 Å². The zero-order chi connectivity index (χ0) is 14.3. The first-order chi connectivity index (χ1) is 9.06. The van der Waals surface area contributed by atoms with Crippen LogP contribution in [-0.2, 0) is 4.79 Å². The second-order valence-corrected chi connectivity index (χ2v) is 4.90. The highest BCUT2D eigenvalue weighted by atomic mass is 35.5. The van der Waals surface area contributed by atoms with Crippen molar-refractivity contribution in [3.05, 3.63) is 29.3 Å². The van der Waals surface area contributed by atoms with Crippen LogP contribution in [0.25, 0.3) is 0 Å². The van der Waals surface area contributed by atoms with Crippen LogP contribution in [0.3, 0.4) is 0 Å². The zero-order valence-corrected chi connectivity index (χ0v) is 12.4. The second-order valence-electron chi connectivity index (χ2n) is 4.50. The number of nitrogens with zero attached hydrogens (tertiary/aromatic N) is 1. The molecule has 1 atom stereocenters. The third-order valence-corrected chi connectivity index (χ3v) is 3.14. The van der Waals surface area contributed by atoms with Gasteiger partial charge in [-0.2, -0.15) is 0 Å². The molecule has 0 spiro atoms. The van der Waals surface area contributed by atoms with Crippen LogP contribution in [0.1, 0.15) is 6.92 Å². The first-order valence-corrected chi connectivity index (χ1v) is 6.71. The number of rotatable bonds is 7. The number of amides is 1. The van der Waals surface area contributed by atoms with E-state index in [9.17, 15) is 4.79 Å². The van der Waals surface area contributed by atoms with Crippen LogP contribution in [0, 0.1) is 5.92 Å². The fourth-order valence-electron chi connectivity index (χ4n) is 1.73. The molecule has 0 saturated carbocycles. The van der Waals surface area contributed by atoms with Gasteiger partial charge in [0.05, 0.1) is 11.6 Å². The lowest BCUT2D eigenvalue weighted by Crippen LogP contribution is -2.38. The lowest BCUT2D eigenvalue weighted by Gasteiger charge is -2.21. The minimum absolute atomic E-state index is 0.0321. The van der Waals surface area contributed by atoms with Gasteiger partial charge in [-0.25, -0.2) is 0 Å². The van der Waals surface area contributed by atoms with Crippen molar-refractivity contribution in [2.75, 3.05) is 33.8 Å². The van der Waals surface area contributed by atoms with Crippen molar-refractivity contribution in [2.24, 2.45) is 5.92 Å². The Bertz CT molecular complexity index is 412. The van der Waals surface area contributed by atoms with E-state index < -0.39 is 0 Å². The van der Waals surface area contributed by atoms with E-state index in [-0.39, 0.29) is 11.8 Å². The van der Waals surface area contributed by atoms with Crippen molar-refractivity contribution >= 4 is 17.5 Å². The topological polar surface area (TPSA) is 41.6 Å². The highest BCUT2D eigenvalue weighted by Crippen LogP contribution is 2.22. The summed E-state index contributed by atoms with van der Waals surface area (Å²) in [5.41, 5.74) is 0. The Morgan fingerprint density at radius 1 is 1.47 bits per heavy atom. The summed E-state index contributed by atoms with van der Waals surface area (Å²) in [4.78, 5) is 13.6. The van der Waals surface area contributed by atoms with Crippen LogP contribution in [0.2, 0.25) is 5.02 Å². The molecule has 5 heteroatoms. The van der Waals surface area contributed by atoms with Crippen LogP contribution < -0.4 is 10.1 Å². The Balaban J connectivity index is 2.37. The number of nitrogens with one attached hydrogen (secondary N) is 1. The molecule has 1 amide bonds. The summed E-state index contributed by atoms with van der Waals surface area (Å²) in [7, 11) is 3.62. The van der Waals surface area contributed by atoms with E-state index in [4.69, 9.17) is 16.3 Å². The Morgan fingerprint density at radius 2 is 2.16 bits per heavy atom. The average Bonchev–Trinajstić information content (AvgIpc) is 2.40. The van der Waals surface area contributed by atoms with Gasteiger partial charge in [0, 0.05) is 19.5 Å². The van der Waals surface area contributed by atoms with Crippen molar-refractivity contribution in [3.8, 4) is 5.75 Å². The summed E-state index contributed by atoms with van der Waals surface area (Å²) in [6, 6.07) is 7.31. The molecule has 0 bridgehead atoms. The van der Waals surface area contributed by atoms with Crippen molar-refractivity contribution in [1.29, 1.82) is 0 Å². The Kier molecular flexibility index (Phi) is 6.67. The summed E-state index contributed by atoms with van der Waals surface area (Å²) in [5, 5.41) is 3.58. The van der Waals surface area contributed by atoms with Gasteiger partial charge < -0.3 is 15.0 Å². The highest BCUT2D eigenvalue weighted by Gasteiger charge is 2.16. The maximum Gasteiger partial charge on any atom is 0.226 e. The molecule has 1 unspecified atom stereocenters. The minimum Gasteiger partial charge on any atom is -0.490 e. The van der Waals surface area contributed by atoms with Crippen LogP contribution in [0.5, 0.6) is 5.75 Å². The summed E-state index contributed by atoms with van der Waals surface area (Å²) in [6.45, 7) is 3.55. The number of hydrogen-bond acceptors (Lipinski definition) is 3. The molecule has 0 aliphatic rings. The summed E-state index contributed by atoms with van der Waals surface area (Å²) >= 11 is 5.98. The molecule has 0 aromatic heterocycles. The zero-order valence-electron chi connectivity index (χ0n) is 11.6. The lowest BCUT2D eigenvalue weighted by molar-refractivity contribution is -0.133. The van der Waals surface area contributed by atoms with E-state index in [1.165, 1.54) is 0 Å². The molecule has 0 saturated heterocycles. The number of hydrogen-bond donors (Lipinski definition) is 1. The molecule has 0 radical (unpaired) electrons. The molecule has 19 heavy (non-hydrogen) atoms. The largest absolute Gasteiger partial charge is 0.490 e. The molecular formula is C14H21ClN2O2. The third-order valence-electron chi connectivity index (χ3n) is 2.83. The van der Waals surface area contributed by atoms with Gasteiger partial charge in [0.2, 0.25) is 5.91 Å². The van der Waals surface area contributed by atoms with E-state index in [0.29, 0.717) is 30.5 Å². The van der Waals surface area contributed by atoms with Gasteiger partial charge >= 0.3 is 0 Å². The molecule has 0 fully saturated rings. The number of benzene rings is 1. The molecule has 4 nitrogen and oxygen atoms in total. The quantitative estimate of drug-likeness (QED) is 0.833. The van der Waals surface area contributed by atoms with Gasteiger partial charge in [-0.15, -0.1) is 0 Å². The second kappa shape index (κ2) is 8.02. The number of halogens is 1. The maximum atomic E-state index is 11.9. The normalized spacial score (nSPS) is 12.0. The fraction of sp³-hybridized carbons (Fsp3) is 0.500. The Morgan fingerprint density at radius 3 is 2.79 bits per heavy atom. The van der Waals surface area contributed by atoms with Crippen LogP contribution in [0.15, 0.2) is 24.3 Å². The number of carbonyl (C=O) groups excluding carboxylic acids is 1. The Hall–Kier alpha value is -1.26. The first-order valence-electron chi connectivity index (χ1n) is 6.33. The molecule has 0 aliphatic carbocycles. The molecule has 1 rings (SSSR count). The van der Waals surface area contributed by atoms with Crippen LogP contribution >= 0.6 is 11.6 Å². The SMILES string of the molecule is CNCC(C)C(=O)N(C)CCOc1ccccc1Cl. The smallest absolute Gasteiger partial charge is 0.226 e. The average molecular weight is 285 g/mol. The Labute approximate surface area is 119 Å². The van der Waals surface area contributed by atoms with Gasteiger partial charge in [-0.1, -0.05) is 30.7 Å². The fourth-order valence-corrected chi connectivity index (χ4v) is 1.92. The van der Waals surface area contributed by atoms with Gasteiger partial charge in [-0.05, 0) is 19.2 Å². The minimum atomic E-state index is -0.0321.